The lowest BCUT2D eigenvalue weighted by molar-refractivity contribution is -0.162. The molecule has 0 aromatic carbocycles. The first kappa shape index (κ1) is 9.93. The van der Waals surface area contributed by atoms with Crippen LogP contribution in [-0.2, 0) is 14.3 Å². The summed E-state index contributed by atoms with van der Waals surface area (Å²) in [5, 5.41) is 8.90. The molecule has 4 heteroatoms. The van der Waals surface area contributed by atoms with Crippen LogP contribution in [0, 0.1) is 5.41 Å². The van der Waals surface area contributed by atoms with Crippen LogP contribution < -0.4 is 0 Å². The SMILES string of the molecule is O=C(O)C1CC2(CCOCC2)CCO1. The van der Waals surface area contributed by atoms with E-state index in [1.165, 1.54) is 0 Å². The number of carbonyl (C=O) groups is 1. The third-order valence-corrected chi connectivity index (χ3v) is 3.40. The third kappa shape index (κ3) is 1.91. The van der Waals surface area contributed by atoms with E-state index in [1.54, 1.807) is 0 Å². The van der Waals surface area contributed by atoms with Crippen LogP contribution in [0.3, 0.4) is 0 Å². The highest BCUT2D eigenvalue weighted by Crippen LogP contribution is 2.42. The molecule has 2 aliphatic rings. The van der Waals surface area contributed by atoms with E-state index in [4.69, 9.17) is 14.6 Å². The van der Waals surface area contributed by atoms with Crippen molar-refractivity contribution in [3.05, 3.63) is 0 Å². The van der Waals surface area contributed by atoms with Crippen molar-refractivity contribution in [3.8, 4) is 0 Å². The number of aliphatic carboxylic acids is 1. The van der Waals surface area contributed by atoms with Crippen molar-refractivity contribution in [3.63, 3.8) is 0 Å². The molecule has 1 atom stereocenters. The minimum Gasteiger partial charge on any atom is -0.479 e. The first-order valence-electron chi connectivity index (χ1n) is 5.14. The van der Waals surface area contributed by atoms with Crippen molar-refractivity contribution >= 4 is 5.97 Å². The molecule has 0 aliphatic carbocycles. The highest BCUT2D eigenvalue weighted by atomic mass is 16.5. The van der Waals surface area contributed by atoms with E-state index in [0.29, 0.717) is 13.0 Å². The molecule has 1 spiro atoms. The first-order chi connectivity index (χ1) is 6.72. The standard InChI is InChI=1S/C10H16O4/c11-9(12)8-7-10(3-6-14-8)1-4-13-5-2-10/h8H,1-7H2,(H,11,12). The molecule has 2 rings (SSSR count). The van der Waals surface area contributed by atoms with Crippen LogP contribution in [-0.4, -0.2) is 37.0 Å². The van der Waals surface area contributed by atoms with Crippen LogP contribution in [0.1, 0.15) is 25.7 Å². The summed E-state index contributed by atoms with van der Waals surface area (Å²) in [6.07, 6.45) is 3.02. The van der Waals surface area contributed by atoms with E-state index >= 15 is 0 Å². The van der Waals surface area contributed by atoms with Crippen LogP contribution in [0.15, 0.2) is 0 Å². The highest BCUT2D eigenvalue weighted by Gasteiger charge is 2.40. The Morgan fingerprint density at radius 2 is 1.86 bits per heavy atom. The summed E-state index contributed by atoms with van der Waals surface area (Å²) in [7, 11) is 0. The summed E-state index contributed by atoms with van der Waals surface area (Å²) in [4.78, 5) is 10.8. The van der Waals surface area contributed by atoms with Crippen molar-refractivity contribution in [1.82, 2.24) is 0 Å². The Hall–Kier alpha value is -0.610. The molecule has 1 unspecified atom stereocenters. The van der Waals surface area contributed by atoms with Gasteiger partial charge in [-0.25, -0.2) is 4.79 Å². The number of hydrogen-bond acceptors (Lipinski definition) is 3. The van der Waals surface area contributed by atoms with E-state index in [2.05, 4.69) is 0 Å². The first-order valence-corrected chi connectivity index (χ1v) is 5.14. The zero-order valence-electron chi connectivity index (χ0n) is 8.20. The second-order valence-electron chi connectivity index (χ2n) is 4.26. The lowest BCUT2D eigenvalue weighted by atomic mass is 9.72. The summed E-state index contributed by atoms with van der Waals surface area (Å²) in [6.45, 7) is 2.12. The van der Waals surface area contributed by atoms with Gasteiger partial charge >= 0.3 is 5.97 Å². The Morgan fingerprint density at radius 1 is 1.21 bits per heavy atom. The fourth-order valence-electron chi connectivity index (χ4n) is 2.39. The molecule has 2 saturated heterocycles. The van der Waals surface area contributed by atoms with E-state index < -0.39 is 12.1 Å². The Bertz CT molecular complexity index is 215. The summed E-state index contributed by atoms with van der Waals surface area (Å²) in [5.41, 5.74) is 0.180. The molecule has 0 aromatic rings. The number of rotatable bonds is 1. The van der Waals surface area contributed by atoms with Crippen LogP contribution in [0.25, 0.3) is 0 Å². The van der Waals surface area contributed by atoms with Crippen molar-refractivity contribution in [2.24, 2.45) is 5.41 Å². The molecule has 1 N–H and O–H groups in total. The van der Waals surface area contributed by atoms with Crippen molar-refractivity contribution in [2.45, 2.75) is 31.8 Å². The Kier molecular flexibility index (Phi) is 2.74. The van der Waals surface area contributed by atoms with Gasteiger partial charge in [-0.15, -0.1) is 0 Å². The molecule has 4 nitrogen and oxygen atoms in total. The van der Waals surface area contributed by atoms with Crippen molar-refractivity contribution in [1.29, 1.82) is 0 Å². The third-order valence-electron chi connectivity index (χ3n) is 3.40. The second kappa shape index (κ2) is 3.87. The van der Waals surface area contributed by atoms with Gasteiger partial charge in [0, 0.05) is 19.8 Å². The second-order valence-corrected chi connectivity index (χ2v) is 4.26. The molecule has 0 saturated carbocycles. The summed E-state index contributed by atoms with van der Waals surface area (Å²) in [6, 6.07) is 0. The molecular formula is C10H16O4. The lowest BCUT2D eigenvalue weighted by Crippen LogP contribution is -2.42. The molecule has 80 valence electrons. The molecule has 0 aromatic heterocycles. The lowest BCUT2D eigenvalue weighted by Gasteiger charge is -2.42. The van der Waals surface area contributed by atoms with E-state index in [9.17, 15) is 4.79 Å². The topological polar surface area (TPSA) is 55.8 Å². The molecule has 2 heterocycles. The largest absolute Gasteiger partial charge is 0.479 e. The smallest absolute Gasteiger partial charge is 0.332 e. The van der Waals surface area contributed by atoms with Gasteiger partial charge in [-0.3, -0.25) is 0 Å². The van der Waals surface area contributed by atoms with E-state index in [0.717, 1.165) is 32.5 Å². The van der Waals surface area contributed by atoms with Crippen LogP contribution in [0.5, 0.6) is 0 Å². The van der Waals surface area contributed by atoms with Gasteiger partial charge in [-0.1, -0.05) is 0 Å². The molecule has 0 amide bonds. The Labute approximate surface area is 83.2 Å². The van der Waals surface area contributed by atoms with Gasteiger partial charge in [0.2, 0.25) is 0 Å². The number of hydrogen-bond donors (Lipinski definition) is 1. The van der Waals surface area contributed by atoms with Gasteiger partial charge < -0.3 is 14.6 Å². The number of ether oxygens (including phenoxy) is 2. The van der Waals surface area contributed by atoms with Crippen LogP contribution in [0.2, 0.25) is 0 Å². The molecule has 14 heavy (non-hydrogen) atoms. The van der Waals surface area contributed by atoms with Crippen LogP contribution >= 0.6 is 0 Å². The average Bonchev–Trinajstić information content (AvgIpc) is 2.19. The number of carboxylic acid groups (broad SMARTS) is 1. The van der Waals surface area contributed by atoms with Gasteiger partial charge in [0.25, 0.3) is 0 Å². The predicted molar refractivity (Wildman–Crippen MR) is 49.1 cm³/mol. The zero-order chi connectivity index (χ0) is 10.0. The Balaban J connectivity index is 2.01. The summed E-state index contributed by atoms with van der Waals surface area (Å²) in [5.74, 6) is -0.824. The fourth-order valence-corrected chi connectivity index (χ4v) is 2.39. The van der Waals surface area contributed by atoms with Gasteiger partial charge in [-0.05, 0) is 31.1 Å². The van der Waals surface area contributed by atoms with Crippen LogP contribution in [0.4, 0.5) is 0 Å². The molecule has 2 aliphatic heterocycles. The van der Waals surface area contributed by atoms with Gasteiger partial charge in [0.15, 0.2) is 6.10 Å². The summed E-state index contributed by atoms with van der Waals surface area (Å²) >= 11 is 0. The Morgan fingerprint density at radius 3 is 2.50 bits per heavy atom. The minimum absolute atomic E-state index is 0.180. The zero-order valence-corrected chi connectivity index (χ0v) is 8.20. The van der Waals surface area contributed by atoms with Gasteiger partial charge in [0.1, 0.15) is 0 Å². The predicted octanol–water partition coefficient (Wildman–Crippen LogP) is 1.05. The normalized spacial score (nSPS) is 31.6. The maximum absolute atomic E-state index is 10.8. The monoisotopic (exact) mass is 200 g/mol. The summed E-state index contributed by atoms with van der Waals surface area (Å²) < 4.78 is 10.5. The molecule has 2 fully saturated rings. The number of carboxylic acids is 1. The molecule has 0 radical (unpaired) electrons. The van der Waals surface area contributed by atoms with Gasteiger partial charge in [0.05, 0.1) is 0 Å². The molecular weight excluding hydrogens is 184 g/mol. The van der Waals surface area contributed by atoms with E-state index in [1.807, 2.05) is 0 Å². The fraction of sp³-hybridized carbons (Fsp3) is 0.900. The average molecular weight is 200 g/mol. The maximum atomic E-state index is 10.8. The van der Waals surface area contributed by atoms with Gasteiger partial charge in [-0.2, -0.15) is 0 Å². The maximum Gasteiger partial charge on any atom is 0.332 e. The quantitative estimate of drug-likeness (QED) is 0.687. The minimum atomic E-state index is -0.824. The molecule has 0 bridgehead atoms. The highest BCUT2D eigenvalue weighted by molar-refractivity contribution is 5.72. The van der Waals surface area contributed by atoms with Crippen molar-refractivity contribution in [2.75, 3.05) is 19.8 Å². The van der Waals surface area contributed by atoms with E-state index in [-0.39, 0.29) is 5.41 Å². The van der Waals surface area contributed by atoms with Crippen molar-refractivity contribution < 1.29 is 19.4 Å².